The molecule has 0 N–H and O–H groups in total. The van der Waals surface area contributed by atoms with Crippen molar-refractivity contribution in [2.24, 2.45) is 5.16 Å². The largest absolute Gasteiger partial charge is 0.437 e. The summed E-state index contributed by atoms with van der Waals surface area (Å²) in [5.41, 5.74) is 1.68. The molecule has 0 saturated heterocycles. The van der Waals surface area contributed by atoms with Crippen molar-refractivity contribution in [2.75, 3.05) is 0 Å². The fraction of sp³-hybridized carbons (Fsp3) is 0.0588. The highest BCUT2D eigenvalue weighted by Gasteiger charge is 2.06. The first-order chi connectivity index (χ1) is 11.2. The number of rotatable bonds is 5. The second-order valence-electron chi connectivity index (χ2n) is 4.68. The molecule has 0 aliphatic heterocycles. The lowest BCUT2D eigenvalue weighted by atomic mass is 10.2. The fourth-order valence-electron chi connectivity index (χ4n) is 1.86. The van der Waals surface area contributed by atoms with E-state index in [1.807, 2.05) is 24.3 Å². The summed E-state index contributed by atoms with van der Waals surface area (Å²) in [7, 11) is 0. The second kappa shape index (κ2) is 7.19. The van der Waals surface area contributed by atoms with Gasteiger partial charge >= 0.3 is 0 Å². The molecule has 0 amide bonds. The maximum Gasteiger partial charge on any atom is 0.235 e. The molecule has 0 aliphatic rings. The van der Waals surface area contributed by atoms with Crippen molar-refractivity contribution in [2.45, 2.75) is 6.61 Å². The lowest BCUT2D eigenvalue weighted by molar-refractivity contribution is 0.113. The first-order valence-electron chi connectivity index (χ1n) is 6.82. The summed E-state index contributed by atoms with van der Waals surface area (Å²) in [5, 5.41) is 3.87. The van der Waals surface area contributed by atoms with Crippen molar-refractivity contribution in [3.63, 3.8) is 0 Å². The van der Waals surface area contributed by atoms with E-state index < -0.39 is 0 Å². The average Bonchev–Trinajstić information content (AvgIpc) is 3.03. The zero-order valence-electron chi connectivity index (χ0n) is 11.9. The SMILES string of the molecule is Fc1ccc(-c2cnc(CO/N=C\c3ccc(Br)cc3)o2)cc1. The summed E-state index contributed by atoms with van der Waals surface area (Å²) in [6.45, 7) is 0.119. The van der Waals surface area contributed by atoms with Gasteiger partial charge in [-0.05, 0) is 42.0 Å². The minimum Gasteiger partial charge on any atom is -0.437 e. The van der Waals surface area contributed by atoms with Gasteiger partial charge in [-0.2, -0.15) is 0 Å². The number of oxazole rings is 1. The molecular formula is C17H12BrFN2O2. The highest BCUT2D eigenvalue weighted by Crippen LogP contribution is 2.20. The summed E-state index contributed by atoms with van der Waals surface area (Å²) in [6.07, 6.45) is 3.18. The van der Waals surface area contributed by atoms with Gasteiger partial charge in [0.05, 0.1) is 12.4 Å². The lowest BCUT2D eigenvalue weighted by Gasteiger charge is -1.97. The number of halogens is 2. The molecular weight excluding hydrogens is 363 g/mol. The Hall–Kier alpha value is -2.47. The Bertz CT molecular complexity index is 798. The number of oxime groups is 1. The molecule has 2 aromatic carbocycles. The molecule has 0 aliphatic carbocycles. The van der Waals surface area contributed by atoms with Crippen LogP contribution in [0.5, 0.6) is 0 Å². The molecule has 3 rings (SSSR count). The monoisotopic (exact) mass is 374 g/mol. The molecule has 0 bridgehead atoms. The summed E-state index contributed by atoms with van der Waals surface area (Å²) in [6, 6.07) is 13.7. The van der Waals surface area contributed by atoms with Crippen molar-refractivity contribution in [1.82, 2.24) is 4.98 Å². The van der Waals surface area contributed by atoms with E-state index in [0.717, 1.165) is 15.6 Å². The standard InChI is InChI=1S/C17H12BrFN2O2/c18-14-5-1-12(2-6-14)9-21-22-11-17-20-10-16(23-17)13-3-7-15(19)8-4-13/h1-10H,11H2/b21-9-. The molecule has 1 heterocycles. The zero-order chi connectivity index (χ0) is 16.1. The van der Waals surface area contributed by atoms with Gasteiger partial charge in [-0.1, -0.05) is 33.2 Å². The molecule has 4 nitrogen and oxygen atoms in total. The maximum absolute atomic E-state index is 12.9. The smallest absolute Gasteiger partial charge is 0.235 e. The molecule has 116 valence electrons. The van der Waals surface area contributed by atoms with Crippen molar-refractivity contribution in [3.05, 3.63) is 76.5 Å². The van der Waals surface area contributed by atoms with E-state index in [1.54, 1.807) is 24.5 Å². The maximum atomic E-state index is 12.9. The van der Waals surface area contributed by atoms with Crippen molar-refractivity contribution < 1.29 is 13.6 Å². The molecule has 0 atom stereocenters. The Kier molecular flexibility index (Phi) is 4.83. The molecule has 0 radical (unpaired) electrons. The summed E-state index contributed by atoms with van der Waals surface area (Å²) in [5.74, 6) is 0.664. The number of hydrogen-bond donors (Lipinski definition) is 0. The van der Waals surface area contributed by atoms with E-state index in [0.29, 0.717) is 11.7 Å². The Labute approximate surface area is 140 Å². The Balaban J connectivity index is 1.57. The normalized spacial score (nSPS) is 11.0. The predicted molar refractivity (Wildman–Crippen MR) is 88.4 cm³/mol. The van der Waals surface area contributed by atoms with Gasteiger partial charge in [0.2, 0.25) is 5.89 Å². The summed E-state index contributed by atoms with van der Waals surface area (Å²) in [4.78, 5) is 9.27. The Morgan fingerprint density at radius 2 is 1.87 bits per heavy atom. The quantitative estimate of drug-likeness (QED) is 0.476. The van der Waals surface area contributed by atoms with Gasteiger partial charge in [-0.15, -0.1) is 0 Å². The Morgan fingerprint density at radius 3 is 2.61 bits per heavy atom. The van der Waals surface area contributed by atoms with Gasteiger partial charge in [0.25, 0.3) is 0 Å². The zero-order valence-corrected chi connectivity index (χ0v) is 13.5. The minimum atomic E-state index is -0.292. The fourth-order valence-corrected chi connectivity index (χ4v) is 2.13. The van der Waals surface area contributed by atoms with Crippen molar-refractivity contribution >= 4 is 22.1 Å². The summed E-state index contributed by atoms with van der Waals surface area (Å²) >= 11 is 3.37. The van der Waals surface area contributed by atoms with Gasteiger partial charge in [-0.3, -0.25) is 0 Å². The highest BCUT2D eigenvalue weighted by atomic mass is 79.9. The van der Waals surface area contributed by atoms with Crippen molar-refractivity contribution in [1.29, 1.82) is 0 Å². The molecule has 0 saturated carbocycles. The highest BCUT2D eigenvalue weighted by molar-refractivity contribution is 9.10. The summed E-state index contributed by atoms with van der Waals surface area (Å²) < 4.78 is 19.4. The minimum absolute atomic E-state index is 0.119. The Morgan fingerprint density at radius 1 is 1.13 bits per heavy atom. The topological polar surface area (TPSA) is 47.6 Å². The van der Waals surface area contributed by atoms with Gasteiger partial charge in [0.1, 0.15) is 5.82 Å². The van der Waals surface area contributed by atoms with Gasteiger partial charge in [0.15, 0.2) is 12.4 Å². The number of aromatic nitrogens is 1. The van der Waals surface area contributed by atoms with E-state index >= 15 is 0 Å². The molecule has 0 unspecified atom stereocenters. The van der Waals surface area contributed by atoms with Gasteiger partial charge in [0, 0.05) is 10.0 Å². The molecule has 0 spiro atoms. The van der Waals surface area contributed by atoms with Crippen LogP contribution in [0.4, 0.5) is 4.39 Å². The van der Waals surface area contributed by atoms with E-state index in [9.17, 15) is 4.39 Å². The molecule has 3 aromatic rings. The van der Waals surface area contributed by atoms with Gasteiger partial charge in [-0.25, -0.2) is 9.37 Å². The van der Waals surface area contributed by atoms with Crippen LogP contribution in [0, 0.1) is 5.82 Å². The first-order valence-corrected chi connectivity index (χ1v) is 7.61. The number of nitrogens with zero attached hydrogens (tertiary/aromatic N) is 2. The molecule has 6 heteroatoms. The van der Waals surface area contributed by atoms with Crippen LogP contribution in [0.3, 0.4) is 0 Å². The van der Waals surface area contributed by atoms with Gasteiger partial charge < -0.3 is 9.25 Å². The number of hydrogen-bond acceptors (Lipinski definition) is 4. The van der Waals surface area contributed by atoms with Crippen LogP contribution in [0.15, 0.2) is 68.8 Å². The van der Waals surface area contributed by atoms with E-state index in [2.05, 4.69) is 26.1 Å². The van der Waals surface area contributed by atoms with Crippen LogP contribution in [0.25, 0.3) is 11.3 Å². The van der Waals surface area contributed by atoms with Crippen LogP contribution in [0.1, 0.15) is 11.5 Å². The molecule has 23 heavy (non-hydrogen) atoms. The van der Waals surface area contributed by atoms with E-state index in [1.165, 1.54) is 12.1 Å². The number of benzene rings is 2. The lowest BCUT2D eigenvalue weighted by Crippen LogP contribution is -1.88. The first kappa shape index (κ1) is 15.4. The molecule has 1 aromatic heterocycles. The van der Waals surface area contributed by atoms with Crippen LogP contribution in [0.2, 0.25) is 0 Å². The third kappa shape index (κ3) is 4.26. The van der Waals surface area contributed by atoms with Crippen LogP contribution >= 0.6 is 15.9 Å². The van der Waals surface area contributed by atoms with Crippen molar-refractivity contribution in [3.8, 4) is 11.3 Å². The van der Waals surface area contributed by atoms with E-state index in [-0.39, 0.29) is 12.4 Å². The van der Waals surface area contributed by atoms with E-state index in [4.69, 9.17) is 9.25 Å². The van der Waals surface area contributed by atoms with Crippen LogP contribution < -0.4 is 0 Å². The predicted octanol–water partition coefficient (Wildman–Crippen LogP) is 4.79. The van der Waals surface area contributed by atoms with Crippen LogP contribution in [-0.2, 0) is 11.4 Å². The second-order valence-corrected chi connectivity index (χ2v) is 5.60. The third-order valence-corrected chi connectivity index (χ3v) is 3.55. The third-order valence-electron chi connectivity index (χ3n) is 3.02. The van der Waals surface area contributed by atoms with Crippen LogP contribution in [-0.4, -0.2) is 11.2 Å². The average molecular weight is 375 g/mol. The molecule has 0 fully saturated rings.